The lowest BCUT2D eigenvalue weighted by Crippen LogP contribution is -2.10. The molecule has 0 aliphatic rings. The fourth-order valence-corrected chi connectivity index (χ4v) is 3.52. The highest BCUT2D eigenvalue weighted by molar-refractivity contribution is 6.31. The summed E-state index contributed by atoms with van der Waals surface area (Å²) in [4.78, 5) is 8.72. The monoisotopic (exact) mass is 394 g/mol. The van der Waals surface area contributed by atoms with Crippen LogP contribution in [0.4, 0.5) is 11.8 Å². The average Bonchev–Trinajstić information content (AvgIpc) is 2.64. The van der Waals surface area contributed by atoms with E-state index < -0.39 is 0 Å². The predicted octanol–water partition coefficient (Wildman–Crippen LogP) is 5.54. The first-order valence-corrected chi connectivity index (χ1v) is 10.0. The number of benzene rings is 2. The standard InChI is InChI=1S/C23H27ClN4/c1-15(2)13-18-8-5-4-7-17(18)11-12-26-22-14-21(27-23(25)28-22)19-9-6-10-20(24)16(19)3/h4-10,14-15H,11-13H2,1-3H3,(H3,25,26,27,28). The molecule has 0 saturated heterocycles. The number of nitrogens with one attached hydrogen (secondary N) is 1. The van der Waals surface area contributed by atoms with Crippen LogP contribution in [0.5, 0.6) is 0 Å². The van der Waals surface area contributed by atoms with Crippen molar-refractivity contribution in [1.82, 2.24) is 9.97 Å². The van der Waals surface area contributed by atoms with Gasteiger partial charge in [-0.3, -0.25) is 0 Å². The number of rotatable bonds is 7. The van der Waals surface area contributed by atoms with Crippen LogP contribution in [-0.4, -0.2) is 16.5 Å². The van der Waals surface area contributed by atoms with E-state index in [4.69, 9.17) is 17.3 Å². The van der Waals surface area contributed by atoms with Gasteiger partial charge in [0.2, 0.25) is 5.95 Å². The molecule has 0 aliphatic carbocycles. The highest BCUT2D eigenvalue weighted by atomic mass is 35.5. The van der Waals surface area contributed by atoms with E-state index in [0.29, 0.717) is 10.9 Å². The molecule has 28 heavy (non-hydrogen) atoms. The molecule has 0 radical (unpaired) electrons. The average molecular weight is 395 g/mol. The summed E-state index contributed by atoms with van der Waals surface area (Å²) >= 11 is 6.26. The Balaban J connectivity index is 1.74. The minimum atomic E-state index is 0.250. The van der Waals surface area contributed by atoms with Crippen LogP contribution in [0.1, 0.15) is 30.5 Å². The van der Waals surface area contributed by atoms with E-state index in [1.165, 1.54) is 11.1 Å². The fraction of sp³-hybridized carbons (Fsp3) is 0.304. The van der Waals surface area contributed by atoms with Crippen LogP contribution < -0.4 is 11.1 Å². The zero-order valence-electron chi connectivity index (χ0n) is 16.7. The second kappa shape index (κ2) is 9.07. The van der Waals surface area contributed by atoms with Gasteiger partial charge in [0.05, 0.1) is 5.69 Å². The minimum absolute atomic E-state index is 0.250. The first-order chi connectivity index (χ1) is 13.4. The van der Waals surface area contributed by atoms with Gasteiger partial charge in [-0.05, 0) is 48.4 Å². The number of aromatic nitrogens is 2. The van der Waals surface area contributed by atoms with Crippen LogP contribution in [0.3, 0.4) is 0 Å². The summed E-state index contributed by atoms with van der Waals surface area (Å²) in [6.07, 6.45) is 2.02. The van der Waals surface area contributed by atoms with Gasteiger partial charge in [-0.25, -0.2) is 4.98 Å². The predicted molar refractivity (Wildman–Crippen MR) is 119 cm³/mol. The summed E-state index contributed by atoms with van der Waals surface area (Å²) in [5.74, 6) is 1.61. The van der Waals surface area contributed by atoms with Gasteiger partial charge in [-0.15, -0.1) is 0 Å². The zero-order valence-corrected chi connectivity index (χ0v) is 17.4. The maximum absolute atomic E-state index is 6.26. The van der Waals surface area contributed by atoms with Gasteiger partial charge in [0, 0.05) is 23.2 Å². The molecule has 3 aromatic rings. The van der Waals surface area contributed by atoms with E-state index in [1.54, 1.807) is 0 Å². The first-order valence-electron chi connectivity index (χ1n) is 9.64. The quantitative estimate of drug-likeness (QED) is 0.552. The van der Waals surface area contributed by atoms with Crippen molar-refractivity contribution in [2.45, 2.75) is 33.6 Å². The normalized spacial score (nSPS) is 11.0. The first kappa shape index (κ1) is 20.2. The van der Waals surface area contributed by atoms with Gasteiger partial charge in [0.25, 0.3) is 0 Å². The van der Waals surface area contributed by atoms with Gasteiger partial charge < -0.3 is 11.1 Å². The summed E-state index contributed by atoms with van der Waals surface area (Å²) in [6.45, 7) is 7.25. The van der Waals surface area contributed by atoms with Crippen LogP contribution in [0.25, 0.3) is 11.3 Å². The molecular weight excluding hydrogens is 368 g/mol. The number of nitrogen functional groups attached to an aromatic ring is 1. The minimum Gasteiger partial charge on any atom is -0.370 e. The highest BCUT2D eigenvalue weighted by Gasteiger charge is 2.10. The van der Waals surface area contributed by atoms with Crippen LogP contribution in [-0.2, 0) is 12.8 Å². The maximum Gasteiger partial charge on any atom is 0.222 e. The molecule has 1 aromatic heterocycles. The van der Waals surface area contributed by atoms with Crippen LogP contribution in [0, 0.1) is 12.8 Å². The smallest absolute Gasteiger partial charge is 0.222 e. The van der Waals surface area contributed by atoms with Gasteiger partial charge in [-0.1, -0.05) is 61.8 Å². The van der Waals surface area contributed by atoms with E-state index in [-0.39, 0.29) is 5.95 Å². The van der Waals surface area contributed by atoms with E-state index in [0.717, 1.165) is 42.0 Å². The number of nitrogens with zero attached hydrogens (tertiary/aromatic N) is 2. The third-order valence-electron chi connectivity index (χ3n) is 4.73. The van der Waals surface area contributed by atoms with Gasteiger partial charge in [-0.2, -0.15) is 4.98 Å². The number of anilines is 2. The summed E-state index contributed by atoms with van der Waals surface area (Å²) < 4.78 is 0. The Kier molecular flexibility index (Phi) is 6.53. The molecular formula is C23H27ClN4. The van der Waals surface area contributed by atoms with Crippen molar-refractivity contribution in [3.63, 3.8) is 0 Å². The third-order valence-corrected chi connectivity index (χ3v) is 5.14. The number of nitrogens with two attached hydrogens (primary N) is 1. The molecule has 0 saturated carbocycles. The molecule has 0 fully saturated rings. The molecule has 4 nitrogen and oxygen atoms in total. The Morgan fingerprint density at radius 1 is 1.04 bits per heavy atom. The van der Waals surface area contributed by atoms with E-state index >= 15 is 0 Å². The fourth-order valence-electron chi connectivity index (χ4n) is 3.34. The van der Waals surface area contributed by atoms with Crippen molar-refractivity contribution in [2.24, 2.45) is 5.92 Å². The van der Waals surface area contributed by atoms with Gasteiger partial charge in [0.15, 0.2) is 0 Å². The van der Waals surface area contributed by atoms with Crippen molar-refractivity contribution in [2.75, 3.05) is 17.6 Å². The Labute approximate surface area is 172 Å². The summed E-state index contributed by atoms with van der Waals surface area (Å²) in [5.41, 5.74) is 11.5. The highest BCUT2D eigenvalue weighted by Crippen LogP contribution is 2.28. The molecule has 0 aliphatic heterocycles. The van der Waals surface area contributed by atoms with Crippen LogP contribution in [0.2, 0.25) is 5.02 Å². The second-order valence-electron chi connectivity index (χ2n) is 7.45. The summed E-state index contributed by atoms with van der Waals surface area (Å²) in [6, 6.07) is 16.3. The molecule has 3 rings (SSSR count). The Morgan fingerprint density at radius 3 is 2.54 bits per heavy atom. The van der Waals surface area contributed by atoms with Gasteiger partial charge >= 0.3 is 0 Å². The van der Waals surface area contributed by atoms with Crippen molar-refractivity contribution < 1.29 is 0 Å². The lowest BCUT2D eigenvalue weighted by atomic mass is 9.96. The SMILES string of the molecule is Cc1c(Cl)cccc1-c1cc(NCCc2ccccc2CC(C)C)nc(N)n1. The molecule has 1 heterocycles. The van der Waals surface area contributed by atoms with Gasteiger partial charge in [0.1, 0.15) is 5.82 Å². The van der Waals surface area contributed by atoms with Crippen molar-refractivity contribution >= 4 is 23.4 Å². The third kappa shape index (κ3) is 5.02. The lowest BCUT2D eigenvalue weighted by molar-refractivity contribution is 0.642. The van der Waals surface area contributed by atoms with Crippen LogP contribution in [0.15, 0.2) is 48.5 Å². The molecule has 0 bridgehead atoms. The molecule has 0 atom stereocenters. The maximum atomic E-state index is 6.26. The lowest BCUT2D eigenvalue weighted by Gasteiger charge is -2.13. The number of hydrogen-bond donors (Lipinski definition) is 2. The Hall–Kier alpha value is -2.59. The molecule has 0 spiro atoms. The molecule has 0 unspecified atom stereocenters. The van der Waals surface area contributed by atoms with E-state index in [1.807, 2.05) is 31.2 Å². The molecule has 5 heteroatoms. The van der Waals surface area contributed by atoms with Crippen molar-refractivity contribution in [3.8, 4) is 11.3 Å². The zero-order chi connectivity index (χ0) is 20.1. The van der Waals surface area contributed by atoms with Crippen molar-refractivity contribution in [1.29, 1.82) is 0 Å². The summed E-state index contributed by atoms with van der Waals surface area (Å²) in [5, 5.41) is 4.11. The molecule has 0 amide bonds. The van der Waals surface area contributed by atoms with Crippen molar-refractivity contribution in [3.05, 3.63) is 70.2 Å². The number of hydrogen-bond acceptors (Lipinski definition) is 4. The molecule has 3 N–H and O–H groups in total. The topological polar surface area (TPSA) is 63.8 Å². The Morgan fingerprint density at radius 2 is 1.79 bits per heavy atom. The molecule has 2 aromatic carbocycles. The largest absolute Gasteiger partial charge is 0.370 e. The molecule has 146 valence electrons. The van der Waals surface area contributed by atoms with E-state index in [2.05, 4.69) is 53.4 Å². The van der Waals surface area contributed by atoms with E-state index in [9.17, 15) is 0 Å². The Bertz CT molecular complexity index is 953. The second-order valence-corrected chi connectivity index (χ2v) is 7.86. The number of halogens is 1. The summed E-state index contributed by atoms with van der Waals surface area (Å²) in [7, 11) is 0. The van der Waals surface area contributed by atoms with Crippen LogP contribution >= 0.6 is 11.6 Å².